The van der Waals surface area contributed by atoms with Crippen molar-refractivity contribution in [3.8, 4) is 0 Å². The molecule has 1 rings (SSSR count). The maximum atomic E-state index is 11.5. The van der Waals surface area contributed by atoms with Gasteiger partial charge in [-0.05, 0) is 32.8 Å². The molecule has 0 fully saturated rings. The standard InChI is InChI=1S/C13H19NO/c1-13(2,3)14-12(15)10-9-11-7-5-4-6-8-11/h4-8H,9-10H2,1-3H3,(H,14,15). The van der Waals surface area contributed by atoms with Gasteiger partial charge in [0.1, 0.15) is 0 Å². The molecule has 1 aromatic rings. The summed E-state index contributed by atoms with van der Waals surface area (Å²) in [5, 5.41) is 2.95. The van der Waals surface area contributed by atoms with E-state index in [0.717, 1.165) is 6.42 Å². The van der Waals surface area contributed by atoms with Crippen LogP contribution in [0.25, 0.3) is 0 Å². The van der Waals surface area contributed by atoms with Gasteiger partial charge in [0.2, 0.25) is 5.91 Å². The predicted octanol–water partition coefficient (Wildman–Crippen LogP) is 2.53. The highest BCUT2D eigenvalue weighted by Gasteiger charge is 2.12. The van der Waals surface area contributed by atoms with Gasteiger partial charge in [0.15, 0.2) is 0 Å². The maximum absolute atomic E-state index is 11.5. The van der Waals surface area contributed by atoms with Crippen molar-refractivity contribution in [2.24, 2.45) is 0 Å². The van der Waals surface area contributed by atoms with Gasteiger partial charge in [-0.3, -0.25) is 4.79 Å². The third-order valence-electron chi connectivity index (χ3n) is 2.00. The first-order valence-electron chi connectivity index (χ1n) is 5.32. The first-order valence-corrected chi connectivity index (χ1v) is 5.32. The molecular weight excluding hydrogens is 186 g/mol. The Morgan fingerprint density at radius 1 is 1.20 bits per heavy atom. The van der Waals surface area contributed by atoms with Gasteiger partial charge in [0.25, 0.3) is 0 Å². The number of aryl methyl sites for hydroxylation is 1. The minimum Gasteiger partial charge on any atom is -0.351 e. The summed E-state index contributed by atoms with van der Waals surface area (Å²) in [6.45, 7) is 5.98. The van der Waals surface area contributed by atoms with Crippen molar-refractivity contribution in [3.05, 3.63) is 35.9 Å². The first kappa shape index (κ1) is 11.8. The van der Waals surface area contributed by atoms with E-state index < -0.39 is 0 Å². The smallest absolute Gasteiger partial charge is 0.220 e. The van der Waals surface area contributed by atoms with Crippen LogP contribution in [0, 0.1) is 0 Å². The highest BCUT2D eigenvalue weighted by molar-refractivity contribution is 5.76. The first-order chi connectivity index (χ1) is 6.97. The lowest BCUT2D eigenvalue weighted by atomic mass is 10.1. The van der Waals surface area contributed by atoms with Gasteiger partial charge in [-0.1, -0.05) is 30.3 Å². The monoisotopic (exact) mass is 205 g/mol. The number of carbonyl (C=O) groups is 1. The fourth-order valence-corrected chi connectivity index (χ4v) is 1.38. The summed E-state index contributed by atoms with van der Waals surface area (Å²) < 4.78 is 0. The normalized spacial score (nSPS) is 11.1. The molecule has 1 amide bonds. The SMILES string of the molecule is CC(C)(C)NC(=O)CCc1ccccc1. The van der Waals surface area contributed by atoms with Crippen LogP contribution in [0.3, 0.4) is 0 Å². The Kier molecular flexibility index (Phi) is 3.89. The van der Waals surface area contributed by atoms with E-state index >= 15 is 0 Å². The van der Waals surface area contributed by atoms with Crippen molar-refractivity contribution in [1.29, 1.82) is 0 Å². The van der Waals surface area contributed by atoms with E-state index in [-0.39, 0.29) is 11.4 Å². The number of benzene rings is 1. The summed E-state index contributed by atoms with van der Waals surface area (Å²) in [6, 6.07) is 10.1. The highest BCUT2D eigenvalue weighted by Crippen LogP contribution is 2.04. The minimum atomic E-state index is -0.131. The molecule has 0 aliphatic rings. The van der Waals surface area contributed by atoms with E-state index in [9.17, 15) is 4.79 Å². The molecule has 0 radical (unpaired) electrons. The van der Waals surface area contributed by atoms with Crippen molar-refractivity contribution in [3.63, 3.8) is 0 Å². The summed E-state index contributed by atoms with van der Waals surface area (Å²) >= 11 is 0. The van der Waals surface area contributed by atoms with Crippen LogP contribution >= 0.6 is 0 Å². The Hall–Kier alpha value is -1.31. The zero-order chi connectivity index (χ0) is 11.3. The summed E-state index contributed by atoms with van der Waals surface area (Å²) in [6.07, 6.45) is 1.37. The molecule has 0 saturated carbocycles. The zero-order valence-electron chi connectivity index (χ0n) is 9.71. The molecule has 2 nitrogen and oxygen atoms in total. The van der Waals surface area contributed by atoms with Gasteiger partial charge < -0.3 is 5.32 Å². The molecule has 0 heterocycles. The molecule has 15 heavy (non-hydrogen) atoms. The topological polar surface area (TPSA) is 29.1 Å². The van der Waals surface area contributed by atoms with E-state index in [2.05, 4.69) is 5.32 Å². The second kappa shape index (κ2) is 4.96. The van der Waals surface area contributed by atoms with Crippen LogP contribution in [0.5, 0.6) is 0 Å². The third kappa shape index (κ3) is 5.21. The van der Waals surface area contributed by atoms with Gasteiger partial charge in [0.05, 0.1) is 0 Å². The van der Waals surface area contributed by atoms with Crippen molar-refractivity contribution >= 4 is 5.91 Å². The Balaban J connectivity index is 2.35. The summed E-state index contributed by atoms with van der Waals surface area (Å²) in [7, 11) is 0. The predicted molar refractivity (Wildman–Crippen MR) is 62.7 cm³/mol. The number of rotatable bonds is 3. The van der Waals surface area contributed by atoms with E-state index in [0.29, 0.717) is 6.42 Å². The quantitative estimate of drug-likeness (QED) is 0.807. The highest BCUT2D eigenvalue weighted by atomic mass is 16.1. The molecule has 82 valence electrons. The Bertz CT molecular complexity index is 311. The summed E-state index contributed by atoms with van der Waals surface area (Å²) in [5.74, 6) is 0.117. The number of carbonyl (C=O) groups excluding carboxylic acids is 1. The Labute approximate surface area is 91.7 Å². The lowest BCUT2D eigenvalue weighted by molar-refractivity contribution is -0.122. The van der Waals surface area contributed by atoms with Crippen LogP contribution in [0.2, 0.25) is 0 Å². The fraction of sp³-hybridized carbons (Fsp3) is 0.462. The summed E-state index contributed by atoms with van der Waals surface area (Å²) in [5.41, 5.74) is 1.08. The minimum absolute atomic E-state index is 0.117. The van der Waals surface area contributed by atoms with Crippen molar-refractivity contribution in [1.82, 2.24) is 5.32 Å². The lowest BCUT2D eigenvalue weighted by Crippen LogP contribution is -2.40. The molecule has 0 unspecified atom stereocenters. The van der Waals surface area contributed by atoms with Crippen LogP contribution in [0.1, 0.15) is 32.8 Å². The number of hydrogen-bond donors (Lipinski definition) is 1. The molecule has 0 aliphatic carbocycles. The number of nitrogens with one attached hydrogen (secondary N) is 1. The second-order valence-corrected chi connectivity index (χ2v) is 4.78. The van der Waals surface area contributed by atoms with Crippen LogP contribution in [0.15, 0.2) is 30.3 Å². The van der Waals surface area contributed by atoms with Crippen molar-refractivity contribution in [2.75, 3.05) is 0 Å². The molecule has 0 aliphatic heterocycles. The number of hydrogen-bond acceptors (Lipinski definition) is 1. The van der Waals surface area contributed by atoms with Crippen molar-refractivity contribution < 1.29 is 4.79 Å². The van der Waals surface area contributed by atoms with Gasteiger partial charge in [-0.15, -0.1) is 0 Å². The summed E-state index contributed by atoms with van der Waals surface area (Å²) in [4.78, 5) is 11.5. The molecule has 0 atom stereocenters. The van der Waals surface area contributed by atoms with Crippen molar-refractivity contribution in [2.45, 2.75) is 39.2 Å². The van der Waals surface area contributed by atoms with E-state index in [4.69, 9.17) is 0 Å². The third-order valence-corrected chi connectivity index (χ3v) is 2.00. The van der Waals surface area contributed by atoms with Crippen LogP contribution in [-0.2, 0) is 11.2 Å². The molecule has 0 aromatic heterocycles. The van der Waals surface area contributed by atoms with E-state index in [1.807, 2.05) is 51.1 Å². The van der Waals surface area contributed by atoms with E-state index in [1.165, 1.54) is 5.56 Å². The molecule has 1 N–H and O–H groups in total. The van der Waals surface area contributed by atoms with Crippen LogP contribution < -0.4 is 5.32 Å². The average Bonchev–Trinajstić information content (AvgIpc) is 2.14. The molecule has 1 aromatic carbocycles. The zero-order valence-corrected chi connectivity index (χ0v) is 9.71. The van der Waals surface area contributed by atoms with E-state index in [1.54, 1.807) is 0 Å². The lowest BCUT2D eigenvalue weighted by Gasteiger charge is -2.20. The molecule has 0 spiro atoms. The van der Waals surface area contributed by atoms with Gasteiger partial charge in [0, 0.05) is 12.0 Å². The maximum Gasteiger partial charge on any atom is 0.220 e. The average molecular weight is 205 g/mol. The second-order valence-electron chi connectivity index (χ2n) is 4.78. The largest absolute Gasteiger partial charge is 0.351 e. The number of amides is 1. The molecular formula is C13H19NO. The van der Waals surface area contributed by atoms with Crippen LogP contribution in [0.4, 0.5) is 0 Å². The molecule has 2 heteroatoms. The fourth-order valence-electron chi connectivity index (χ4n) is 1.38. The van der Waals surface area contributed by atoms with Crippen LogP contribution in [-0.4, -0.2) is 11.4 Å². The van der Waals surface area contributed by atoms with Gasteiger partial charge >= 0.3 is 0 Å². The Morgan fingerprint density at radius 2 is 1.80 bits per heavy atom. The Morgan fingerprint density at radius 3 is 2.33 bits per heavy atom. The van der Waals surface area contributed by atoms with Gasteiger partial charge in [-0.25, -0.2) is 0 Å². The molecule has 0 bridgehead atoms. The molecule has 0 saturated heterocycles. The van der Waals surface area contributed by atoms with Gasteiger partial charge in [-0.2, -0.15) is 0 Å².